The first-order chi connectivity index (χ1) is 11.0. The first-order valence-electron chi connectivity index (χ1n) is 8.03. The SMILES string of the molecule is CCS(=O)(=O)NCCCNC(=O)c1ccn(C2CCCNC2)n1.Cl. The number of hydrogen-bond acceptors (Lipinski definition) is 5. The summed E-state index contributed by atoms with van der Waals surface area (Å²) in [5, 5.41) is 10.4. The van der Waals surface area contributed by atoms with E-state index in [0.717, 1.165) is 25.9 Å². The van der Waals surface area contributed by atoms with Gasteiger partial charge in [0.15, 0.2) is 0 Å². The Balaban J connectivity index is 0.00000288. The van der Waals surface area contributed by atoms with Crippen molar-refractivity contribution in [2.45, 2.75) is 32.2 Å². The van der Waals surface area contributed by atoms with Gasteiger partial charge in [0.05, 0.1) is 11.8 Å². The Labute approximate surface area is 149 Å². The molecule has 1 aliphatic heterocycles. The molecule has 10 heteroatoms. The van der Waals surface area contributed by atoms with Gasteiger partial charge in [-0.15, -0.1) is 12.4 Å². The average Bonchev–Trinajstić information content (AvgIpc) is 3.05. The topological polar surface area (TPSA) is 105 Å². The molecule has 1 unspecified atom stereocenters. The van der Waals surface area contributed by atoms with Gasteiger partial charge in [0.2, 0.25) is 10.0 Å². The van der Waals surface area contributed by atoms with E-state index in [0.29, 0.717) is 31.2 Å². The van der Waals surface area contributed by atoms with Crippen molar-refractivity contribution in [1.29, 1.82) is 0 Å². The summed E-state index contributed by atoms with van der Waals surface area (Å²) in [5.41, 5.74) is 0.393. The third-order valence-corrected chi connectivity index (χ3v) is 5.23. The summed E-state index contributed by atoms with van der Waals surface area (Å²) in [4.78, 5) is 12.0. The molecule has 1 amide bonds. The van der Waals surface area contributed by atoms with Crippen molar-refractivity contribution in [3.63, 3.8) is 0 Å². The lowest BCUT2D eigenvalue weighted by Gasteiger charge is -2.22. The first-order valence-corrected chi connectivity index (χ1v) is 9.68. The molecular formula is C14H26ClN5O3S. The van der Waals surface area contributed by atoms with Gasteiger partial charge < -0.3 is 10.6 Å². The molecule has 1 aromatic heterocycles. The number of nitrogens with zero attached hydrogens (tertiary/aromatic N) is 2. The van der Waals surface area contributed by atoms with Gasteiger partial charge in [-0.2, -0.15) is 5.10 Å². The van der Waals surface area contributed by atoms with Crippen LogP contribution in [-0.2, 0) is 10.0 Å². The Morgan fingerprint density at radius 1 is 1.46 bits per heavy atom. The van der Waals surface area contributed by atoms with Crippen LogP contribution in [0.3, 0.4) is 0 Å². The minimum absolute atomic E-state index is 0. The van der Waals surface area contributed by atoms with Crippen molar-refractivity contribution in [3.8, 4) is 0 Å². The van der Waals surface area contributed by atoms with Crippen LogP contribution in [-0.4, -0.2) is 56.0 Å². The van der Waals surface area contributed by atoms with Crippen molar-refractivity contribution < 1.29 is 13.2 Å². The average molecular weight is 380 g/mol. The normalized spacial score (nSPS) is 18.0. The largest absolute Gasteiger partial charge is 0.351 e. The predicted molar refractivity (Wildman–Crippen MR) is 95.0 cm³/mol. The number of halogens is 1. The Hall–Kier alpha value is -1.16. The Morgan fingerprint density at radius 2 is 2.25 bits per heavy atom. The van der Waals surface area contributed by atoms with Crippen molar-refractivity contribution in [2.75, 3.05) is 31.9 Å². The molecule has 2 heterocycles. The summed E-state index contributed by atoms with van der Waals surface area (Å²) in [7, 11) is -3.17. The minimum Gasteiger partial charge on any atom is -0.351 e. The molecule has 24 heavy (non-hydrogen) atoms. The number of hydrogen-bond donors (Lipinski definition) is 3. The molecule has 1 fully saturated rings. The van der Waals surface area contributed by atoms with E-state index < -0.39 is 10.0 Å². The summed E-state index contributed by atoms with van der Waals surface area (Å²) in [6.07, 6.45) is 4.55. The maximum atomic E-state index is 12.0. The number of nitrogens with one attached hydrogen (secondary N) is 3. The second-order valence-corrected chi connectivity index (χ2v) is 7.68. The minimum atomic E-state index is -3.17. The third kappa shape index (κ3) is 6.39. The summed E-state index contributed by atoms with van der Waals surface area (Å²) in [6, 6.07) is 2.01. The molecule has 1 atom stereocenters. The van der Waals surface area contributed by atoms with Gasteiger partial charge in [0.1, 0.15) is 5.69 Å². The second kappa shape index (κ2) is 9.97. The zero-order chi connectivity index (χ0) is 16.7. The molecule has 0 saturated carbocycles. The van der Waals surface area contributed by atoms with Crippen molar-refractivity contribution >= 4 is 28.3 Å². The molecule has 1 aromatic rings. The van der Waals surface area contributed by atoms with Gasteiger partial charge in [-0.3, -0.25) is 9.48 Å². The second-order valence-electron chi connectivity index (χ2n) is 5.59. The molecule has 3 N–H and O–H groups in total. The summed E-state index contributed by atoms with van der Waals surface area (Å²) in [5.74, 6) is -0.168. The fourth-order valence-electron chi connectivity index (χ4n) is 2.43. The summed E-state index contributed by atoms with van der Waals surface area (Å²) in [6.45, 7) is 4.22. The monoisotopic (exact) mass is 379 g/mol. The van der Waals surface area contributed by atoms with Crippen LogP contribution in [0.4, 0.5) is 0 Å². The highest BCUT2D eigenvalue weighted by molar-refractivity contribution is 7.89. The molecule has 0 aromatic carbocycles. The van der Waals surface area contributed by atoms with Crippen LogP contribution in [0.1, 0.15) is 42.7 Å². The first kappa shape index (κ1) is 20.9. The van der Waals surface area contributed by atoms with Crippen LogP contribution in [0, 0.1) is 0 Å². The molecule has 138 valence electrons. The zero-order valence-corrected chi connectivity index (χ0v) is 15.5. The number of amides is 1. The fraction of sp³-hybridized carbons (Fsp3) is 0.714. The quantitative estimate of drug-likeness (QED) is 0.563. The molecular weight excluding hydrogens is 354 g/mol. The van der Waals surface area contributed by atoms with E-state index in [1.807, 2.05) is 10.9 Å². The smallest absolute Gasteiger partial charge is 0.271 e. The lowest BCUT2D eigenvalue weighted by Crippen LogP contribution is -2.32. The zero-order valence-electron chi connectivity index (χ0n) is 13.8. The van der Waals surface area contributed by atoms with Gasteiger partial charge >= 0.3 is 0 Å². The van der Waals surface area contributed by atoms with Crippen LogP contribution >= 0.6 is 12.4 Å². The molecule has 2 rings (SSSR count). The molecule has 0 spiro atoms. The van der Waals surface area contributed by atoms with Crippen LogP contribution in [0.25, 0.3) is 0 Å². The molecule has 1 aliphatic rings. The van der Waals surface area contributed by atoms with E-state index in [9.17, 15) is 13.2 Å². The Kier molecular flexibility index (Phi) is 8.68. The summed E-state index contributed by atoms with van der Waals surface area (Å²) >= 11 is 0. The highest BCUT2D eigenvalue weighted by atomic mass is 35.5. The predicted octanol–water partition coefficient (Wildman–Crippen LogP) is 0.289. The van der Waals surface area contributed by atoms with E-state index in [1.165, 1.54) is 0 Å². The van der Waals surface area contributed by atoms with E-state index in [2.05, 4.69) is 20.5 Å². The number of carbonyl (C=O) groups excluding carboxylic acids is 1. The number of carbonyl (C=O) groups is 1. The highest BCUT2D eigenvalue weighted by Crippen LogP contribution is 2.15. The van der Waals surface area contributed by atoms with E-state index in [4.69, 9.17) is 0 Å². The van der Waals surface area contributed by atoms with Crippen molar-refractivity contribution in [2.24, 2.45) is 0 Å². The third-order valence-electron chi connectivity index (χ3n) is 3.83. The molecule has 1 saturated heterocycles. The highest BCUT2D eigenvalue weighted by Gasteiger charge is 2.17. The Morgan fingerprint density at radius 3 is 2.92 bits per heavy atom. The van der Waals surface area contributed by atoms with Gasteiger partial charge in [-0.25, -0.2) is 13.1 Å². The fourth-order valence-corrected chi connectivity index (χ4v) is 3.09. The number of sulfonamides is 1. The molecule has 0 bridgehead atoms. The van der Waals surface area contributed by atoms with E-state index in [-0.39, 0.29) is 24.1 Å². The lowest BCUT2D eigenvalue weighted by atomic mass is 10.1. The van der Waals surface area contributed by atoms with E-state index >= 15 is 0 Å². The van der Waals surface area contributed by atoms with Gasteiger partial charge in [0.25, 0.3) is 5.91 Å². The van der Waals surface area contributed by atoms with Crippen LogP contribution in [0.2, 0.25) is 0 Å². The van der Waals surface area contributed by atoms with Crippen LogP contribution in [0.5, 0.6) is 0 Å². The number of aromatic nitrogens is 2. The van der Waals surface area contributed by atoms with Gasteiger partial charge in [-0.05, 0) is 38.8 Å². The van der Waals surface area contributed by atoms with Crippen LogP contribution < -0.4 is 15.4 Å². The summed E-state index contributed by atoms with van der Waals surface area (Å²) < 4.78 is 26.8. The lowest BCUT2D eigenvalue weighted by molar-refractivity contribution is 0.0947. The maximum absolute atomic E-state index is 12.0. The maximum Gasteiger partial charge on any atom is 0.271 e. The van der Waals surface area contributed by atoms with Crippen molar-refractivity contribution in [1.82, 2.24) is 25.1 Å². The van der Waals surface area contributed by atoms with Crippen LogP contribution in [0.15, 0.2) is 12.3 Å². The Bertz CT molecular complexity index is 614. The molecule has 8 nitrogen and oxygen atoms in total. The van der Waals surface area contributed by atoms with Crippen molar-refractivity contribution in [3.05, 3.63) is 18.0 Å². The number of piperidine rings is 1. The van der Waals surface area contributed by atoms with E-state index in [1.54, 1.807) is 13.0 Å². The molecule has 0 aliphatic carbocycles. The molecule has 0 radical (unpaired) electrons. The standard InChI is InChI=1S/C14H25N5O3S.ClH/c1-2-23(21,22)17-9-4-8-16-14(20)13-6-10-19(18-13)12-5-3-7-15-11-12;/h6,10,12,15,17H,2-5,7-9,11H2,1H3,(H,16,20);1H. The van der Waals surface area contributed by atoms with Gasteiger partial charge in [-0.1, -0.05) is 0 Å². The van der Waals surface area contributed by atoms with Gasteiger partial charge in [0, 0.05) is 25.8 Å². The number of rotatable bonds is 8.